The van der Waals surface area contributed by atoms with Crippen molar-refractivity contribution >= 4 is 5.91 Å². The largest absolute Gasteiger partial charge is 0.447 e. The highest BCUT2D eigenvalue weighted by atomic mass is 16.3. The SMILES string of the molecule is CCCCC(O)CN1CCN(Cc2nc(C(=O)N(C)Cc3ccccc3)co2)CC1. The number of carbonyl (C=O) groups is 1. The van der Waals surface area contributed by atoms with Gasteiger partial charge in [-0.15, -0.1) is 0 Å². The molecule has 0 radical (unpaired) electrons. The second-order valence-corrected chi connectivity index (χ2v) is 8.15. The average molecular weight is 415 g/mol. The molecule has 2 aromatic rings. The van der Waals surface area contributed by atoms with Gasteiger partial charge in [-0.05, 0) is 12.0 Å². The fourth-order valence-electron chi connectivity index (χ4n) is 3.76. The predicted octanol–water partition coefficient (Wildman–Crippen LogP) is 2.62. The van der Waals surface area contributed by atoms with Gasteiger partial charge in [-0.2, -0.15) is 0 Å². The van der Waals surface area contributed by atoms with Gasteiger partial charge in [-0.1, -0.05) is 50.1 Å². The van der Waals surface area contributed by atoms with Crippen LogP contribution in [0.25, 0.3) is 0 Å². The van der Waals surface area contributed by atoms with Crippen molar-refractivity contribution in [2.24, 2.45) is 0 Å². The lowest BCUT2D eigenvalue weighted by atomic mass is 10.1. The lowest BCUT2D eigenvalue weighted by Gasteiger charge is -2.35. The molecule has 30 heavy (non-hydrogen) atoms. The van der Waals surface area contributed by atoms with Crippen LogP contribution in [0.1, 0.15) is 48.1 Å². The molecule has 1 unspecified atom stereocenters. The number of piperazine rings is 1. The van der Waals surface area contributed by atoms with Crippen LogP contribution in [0, 0.1) is 0 Å². The number of amides is 1. The van der Waals surface area contributed by atoms with E-state index in [-0.39, 0.29) is 12.0 Å². The third-order valence-corrected chi connectivity index (χ3v) is 5.56. The molecule has 0 saturated carbocycles. The molecule has 7 nitrogen and oxygen atoms in total. The van der Waals surface area contributed by atoms with Crippen molar-refractivity contribution < 1.29 is 14.3 Å². The van der Waals surface area contributed by atoms with Crippen molar-refractivity contribution in [3.05, 3.63) is 53.7 Å². The first-order chi connectivity index (χ1) is 14.5. The quantitative estimate of drug-likeness (QED) is 0.644. The summed E-state index contributed by atoms with van der Waals surface area (Å²) in [6, 6.07) is 9.89. The summed E-state index contributed by atoms with van der Waals surface area (Å²) >= 11 is 0. The zero-order valence-corrected chi connectivity index (χ0v) is 18.2. The smallest absolute Gasteiger partial charge is 0.275 e. The van der Waals surface area contributed by atoms with E-state index in [1.807, 2.05) is 30.3 Å². The topological polar surface area (TPSA) is 73.1 Å². The maximum Gasteiger partial charge on any atom is 0.275 e. The molecule has 1 amide bonds. The Morgan fingerprint density at radius 1 is 1.20 bits per heavy atom. The van der Waals surface area contributed by atoms with Crippen molar-refractivity contribution in [2.75, 3.05) is 39.8 Å². The molecule has 0 bridgehead atoms. The summed E-state index contributed by atoms with van der Waals surface area (Å²) in [7, 11) is 1.78. The van der Waals surface area contributed by atoms with Gasteiger partial charge >= 0.3 is 0 Å². The molecule has 164 valence electrons. The molecule has 1 fully saturated rings. The molecule has 1 aliphatic rings. The van der Waals surface area contributed by atoms with E-state index in [1.165, 1.54) is 6.26 Å². The summed E-state index contributed by atoms with van der Waals surface area (Å²) in [5, 5.41) is 10.1. The normalized spacial score (nSPS) is 16.5. The van der Waals surface area contributed by atoms with Crippen LogP contribution < -0.4 is 0 Å². The molecule has 1 N–H and O–H groups in total. The fraction of sp³-hybridized carbons (Fsp3) is 0.565. The molecule has 3 rings (SSSR count). The summed E-state index contributed by atoms with van der Waals surface area (Å²) in [6.07, 6.45) is 4.30. The molecule has 1 aromatic heterocycles. The van der Waals surface area contributed by atoms with Crippen molar-refractivity contribution in [1.82, 2.24) is 19.7 Å². The number of rotatable bonds is 10. The molecule has 7 heteroatoms. The van der Waals surface area contributed by atoms with Gasteiger partial charge in [0, 0.05) is 46.3 Å². The molecule has 1 atom stereocenters. The monoisotopic (exact) mass is 414 g/mol. The maximum absolute atomic E-state index is 12.6. The molecular formula is C23H34N4O3. The third kappa shape index (κ3) is 6.65. The highest BCUT2D eigenvalue weighted by molar-refractivity contribution is 5.91. The van der Waals surface area contributed by atoms with E-state index in [0.29, 0.717) is 24.7 Å². The molecule has 0 spiro atoms. The molecule has 2 heterocycles. The average Bonchev–Trinajstić information content (AvgIpc) is 3.22. The number of aromatic nitrogens is 1. The van der Waals surface area contributed by atoms with Crippen molar-refractivity contribution in [3.8, 4) is 0 Å². The van der Waals surface area contributed by atoms with Crippen LogP contribution in [0.15, 0.2) is 41.0 Å². The maximum atomic E-state index is 12.6. The summed E-state index contributed by atoms with van der Waals surface area (Å²) < 4.78 is 5.57. The highest BCUT2D eigenvalue weighted by Gasteiger charge is 2.22. The summed E-state index contributed by atoms with van der Waals surface area (Å²) in [6.45, 7) is 7.69. The Morgan fingerprint density at radius 3 is 2.60 bits per heavy atom. The standard InChI is InChI=1S/C23H34N4O3/c1-3-4-10-20(28)16-26-11-13-27(14-12-26)17-22-24-21(18-30-22)23(29)25(2)15-19-8-6-5-7-9-19/h5-9,18,20,28H,3-4,10-17H2,1-2H3. The van der Waals surface area contributed by atoms with E-state index in [2.05, 4.69) is 21.7 Å². The van der Waals surface area contributed by atoms with Gasteiger partial charge in [0.05, 0.1) is 12.6 Å². The minimum absolute atomic E-state index is 0.139. The number of benzene rings is 1. The summed E-state index contributed by atoms with van der Waals surface area (Å²) in [5.74, 6) is 0.433. The molecule has 1 saturated heterocycles. The minimum atomic E-state index is -0.232. The van der Waals surface area contributed by atoms with Crippen LogP contribution in [0.3, 0.4) is 0 Å². The van der Waals surface area contributed by atoms with Crippen LogP contribution >= 0.6 is 0 Å². The summed E-state index contributed by atoms with van der Waals surface area (Å²) in [5.41, 5.74) is 1.43. The second kappa shape index (κ2) is 11.2. The van der Waals surface area contributed by atoms with Gasteiger partial charge in [-0.3, -0.25) is 14.6 Å². The number of β-amino-alcohol motifs (C(OH)–C–C–N with tert-alkyl or cyclic N) is 1. The number of hydrogen-bond acceptors (Lipinski definition) is 6. The van der Waals surface area contributed by atoms with Crippen LogP contribution in [-0.2, 0) is 13.1 Å². The van der Waals surface area contributed by atoms with Crippen LogP contribution in [0.2, 0.25) is 0 Å². The van der Waals surface area contributed by atoms with E-state index in [4.69, 9.17) is 4.42 Å². The van der Waals surface area contributed by atoms with E-state index < -0.39 is 0 Å². The second-order valence-electron chi connectivity index (χ2n) is 8.15. The van der Waals surface area contributed by atoms with Gasteiger partial charge in [0.2, 0.25) is 5.89 Å². The Balaban J connectivity index is 1.44. The number of carbonyl (C=O) groups excluding carboxylic acids is 1. The van der Waals surface area contributed by atoms with Gasteiger partial charge in [0.1, 0.15) is 6.26 Å². The van der Waals surface area contributed by atoms with Crippen molar-refractivity contribution in [3.63, 3.8) is 0 Å². The summed E-state index contributed by atoms with van der Waals surface area (Å²) in [4.78, 5) is 23.3. The fourth-order valence-corrected chi connectivity index (χ4v) is 3.76. The van der Waals surface area contributed by atoms with Gasteiger partial charge in [0.15, 0.2) is 5.69 Å². The van der Waals surface area contributed by atoms with Gasteiger partial charge in [0.25, 0.3) is 5.91 Å². The van der Waals surface area contributed by atoms with E-state index in [9.17, 15) is 9.90 Å². The molecule has 0 aliphatic carbocycles. The Kier molecular flexibility index (Phi) is 8.42. The molecule has 1 aliphatic heterocycles. The van der Waals surface area contributed by atoms with Crippen LogP contribution in [0.5, 0.6) is 0 Å². The zero-order valence-electron chi connectivity index (χ0n) is 18.2. The van der Waals surface area contributed by atoms with Crippen LogP contribution in [-0.4, -0.2) is 76.6 Å². The Bertz CT molecular complexity index is 772. The molecular weight excluding hydrogens is 380 g/mol. The lowest BCUT2D eigenvalue weighted by Crippen LogP contribution is -2.48. The van der Waals surface area contributed by atoms with Gasteiger partial charge < -0.3 is 14.4 Å². The number of oxazole rings is 1. The lowest BCUT2D eigenvalue weighted by molar-refractivity contribution is 0.0627. The van der Waals surface area contributed by atoms with Gasteiger partial charge in [-0.25, -0.2) is 4.98 Å². The first-order valence-electron chi connectivity index (χ1n) is 10.9. The third-order valence-electron chi connectivity index (χ3n) is 5.56. The number of nitrogens with zero attached hydrogens (tertiary/aromatic N) is 4. The van der Waals surface area contributed by atoms with E-state index >= 15 is 0 Å². The highest BCUT2D eigenvalue weighted by Crippen LogP contribution is 2.13. The predicted molar refractivity (Wildman–Crippen MR) is 116 cm³/mol. The minimum Gasteiger partial charge on any atom is -0.447 e. The van der Waals surface area contributed by atoms with Crippen LogP contribution in [0.4, 0.5) is 0 Å². The number of aliphatic hydroxyl groups excluding tert-OH is 1. The Morgan fingerprint density at radius 2 is 1.90 bits per heavy atom. The Hall–Kier alpha value is -2.22. The van der Waals surface area contributed by atoms with Crippen molar-refractivity contribution in [1.29, 1.82) is 0 Å². The zero-order chi connectivity index (χ0) is 21.3. The van der Waals surface area contributed by atoms with E-state index in [0.717, 1.165) is 57.5 Å². The van der Waals surface area contributed by atoms with E-state index in [1.54, 1.807) is 11.9 Å². The number of unbranched alkanes of at least 4 members (excludes halogenated alkanes) is 1. The number of aliphatic hydroxyl groups is 1. The van der Waals surface area contributed by atoms with Crippen molar-refractivity contribution in [2.45, 2.75) is 45.4 Å². The number of hydrogen-bond donors (Lipinski definition) is 1. The Labute approximate surface area is 179 Å². The first-order valence-corrected chi connectivity index (χ1v) is 10.9. The molecule has 1 aromatic carbocycles. The first kappa shape index (κ1) is 22.5.